The molecule has 1 unspecified atom stereocenters. The molecule has 5 heteroatoms. The lowest BCUT2D eigenvalue weighted by Crippen LogP contribution is -2.44. The summed E-state index contributed by atoms with van der Waals surface area (Å²) in [5, 5.41) is 2.95. The molecule has 0 radical (unpaired) electrons. The second kappa shape index (κ2) is 6.10. The molecule has 114 valence electrons. The molecule has 0 aliphatic carbocycles. The molecule has 0 saturated carbocycles. The van der Waals surface area contributed by atoms with Gasteiger partial charge in [-0.05, 0) is 51.3 Å². The molecule has 2 amide bonds. The largest absolute Gasteiger partial charge is 0.351 e. The van der Waals surface area contributed by atoms with Crippen molar-refractivity contribution in [1.29, 1.82) is 0 Å². The Morgan fingerprint density at radius 2 is 1.90 bits per heavy atom. The van der Waals surface area contributed by atoms with Gasteiger partial charge in [-0.25, -0.2) is 0 Å². The molecule has 1 aromatic carbocycles. The fraction of sp³-hybridized carbons (Fsp3) is 0.500. The third-order valence-corrected chi connectivity index (χ3v) is 4.12. The van der Waals surface area contributed by atoms with Crippen molar-refractivity contribution in [3.63, 3.8) is 0 Å². The predicted molar refractivity (Wildman–Crippen MR) is 86.6 cm³/mol. The molecule has 1 heterocycles. The van der Waals surface area contributed by atoms with Crippen LogP contribution in [0.4, 0.5) is 5.69 Å². The van der Waals surface area contributed by atoms with Crippen LogP contribution in [-0.4, -0.2) is 30.2 Å². The quantitative estimate of drug-likeness (QED) is 0.874. The summed E-state index contributed by atoms with van der Waals surface area (Å²) in [5.41, 5.74) is 0.594. The van der Waals surface area contributed by atoms with E-state index in [2.05, 4.69) is 5.32 Å². The summed E-state index contributed by atoms with van der Waals surface area (Å²) in [5.74, 6) is -0.294. The fourth-order valence-electron chi connectivity index (χ4n) is 2.37. The number of carbonyl (C=O) groups excluding carboxylic acids is 2. The van der Waals surface area contributed by atoms with Crippen molar-refractivity contribution >= 4 is 29.3 Å². The molecule has 0 bridgehead atoms. The fourth-order valence-corrected chi connectivity index (χ4v) is 2.77. The first-order chi connectivity index (χ1) is 9.80. The smallest absolute Gasteiger partial charge is 0.227 e. The lowest BCUT2D eigenvalue weighted by molar-refractivity contribution is -0.127. The van der Waals surface area contributed by atoms with Crippen LogP contribution in [0.25, 0.3) is 0 Å². The highest BCUT2D eigenvalue weighted by molar-refractivity contribution is 7.98. The van der Waals surface area contributed by atoms with E-state index in [1.807, 2.05) is 51.3 Å². The molecule has 1 fully saturated rings. The number of amides is 2. The molecule has 1 saturated heterocycles. The summed E-state index contributed by atoms with van der Waals surface area (Å²) in [4.78, 5) is 27.2. The van der Waals surface area contributed by atoms with Gasteiger partial charge >= 0.3 is 0 Å². The molecule has 1 N–H and O–H groups in total. The van der Waals surface area contributed by atoms with Gasteiger partial charge in [0.2, 0.25) is 11.8 Å². The van der Waals surface area contributed by atoms with E-state index < -0.39 is 0 Å². The molecule has 21 heavy (non-hydrogen) atoms. The number of benzene rings is 1. The second-order valence-electron chi connectivity index (χ2n) is 6.34. The molecule has 1 aromatic rings. The summed E-state index contributed by atoms with van der Waals surface area (Å²) >= 11 is 1.67. The maximum absolute atomic E-state index is 12.2. The van der Waals surface area contributed by atoms with Gasteiger partial charge in [0.05, 0.1) is 5.92 Å². The lowest BCUT2D eigenvalue weighted by atomic mass is 10.0. The van der Waals surface area contributed by atoms with Crippen LogP contribution in [0.3, 0.4) is 0 Å². The van der Waals surface area contributed by atoms with Gasteiger partial charge in [-0.2, -0.15) is 0 Å². The number of anilines is 1. The minimum atomic E-state index is -0.270. The van der Waals surface area contributed by atoms with Crippen molar-refractivity contribution in [3.05, 3.63) is 24.3 Å². The van der Waals surface area contributed by atoms with Gasteiger partial charge in [0, 0.05) is 29.1 Å². The number of nitrogens with zero attached hydrogens (tertiary/aromatic N) is 1. The van der Waals surface area contributed by atoms with E-state index in [-0.39, 0.29) is 29.7 Å². The molecule has 4 nitrogen and oxygen atoms in total. The Morgan fingerprint density at radius 3 is 2.43 bits per heavy atom. The number of nitrogens with one attached hydrogen (secondary N) is 1. The third kappa shape index (κ3) is 4.00. The van der Waals surface area contributed by atoms with E-state index in [0.29, 0.717) is 6.54 Å². The van der Waals surface area contributed by atoms with Crippen molar-refractivity contribution < 1.29 is 9.59 Å². The van der Waals surface area contributed by atoms with Crippen molar-refractivity contribution in [3.8, 4) is 0 Å². The summed E-state index contributed by atoms with van der Waals surface area (Å²) < 4.78 is 0. The van der Waals surface area contributed by atoms with Crippen LogP contribution >= 0.6 is 11.8 Å². The molecular weight excluding hydrogens is 284 g/mol. The molecule has 0 spiro atoms. The number of carbonyl (C=O) groups is 2. The Hall–Kier alpha value is -1.49. The van der Waals surface area contributed by atoms with Gasteiger partial charge in [-0.1, -0.05) is 0 Å². The number of hydrogen-bond acceptors (Lipinski definition) is 3. The molecule has 2 rings (SSSR count). The third-order valence-electron chi connectivity index (χ3n) is 3.38. The van der Waals surface area contributed by atoms with Gasteiger partial charge in [-0.3, -0.25) is 9.59 Å². The van der Waals surface area contributed by atoms with Gasteiger partial charge in [0.15, 0.2) is 0 Å². The van der Waals surface area contributed by atoms with Crippen LogP contribution in [0.2, 0.25) is 0 Å². The van der Waals surface area contributed by atoms with Gasteiger partial charge in [-0.15, -0.1) is 11.8 Å². The van der Waals surface area contributed by atoms with Gasteiger partial charge in [0.1, 0.15) is 0 Å². The van der Waals surface area contributed by atoms with E-state index in [0.717, 1.165) is 10.6 Å². The second-order valence-corrected chi connectivity index (χ2v) is 7.22. The Kier molecular flexibility index (Phi) is 4.61. The Labute approximate surface area is 130 Å². The summed E-state index contributed by atoms with van der Waals surface area (Å²) in [6.07, 6.45) is 2.30. The number of hydrogen-bond donors (Lipinski definition) is 1. The van der Waals surface area contributed by atoms with Crippen LogP contribution < -0.4 is 10.2 Å². The van der Waals surface area contributed by atoms with E-state index >= 15 is 0 Å². The van der Waals surface area contributed by atoms with Gasteiger partial charge in [0.25, 0.3) is 0 Å². The van der Waals surface area contributed by atoms with E-state index in [4.69, 9.17) is 0 Å². The average molecular weight is 306 g/mol. The molecular formula is C16H22N2O2S. The van der Waals surface area contributed by atoms with E-state index in [1.54, 1.807) is 16.7 Å². The minimum absolute atomic E-state index is 0.0148. The van der Waals surface area contributed by atoms with Gasteiger partial charge < -0.3 is 10.2 Å². The molecule has 0 aromatic heterocycles. The SMILES string of the molecule is CSc1ccc(N2CC(C(=O)NC(C)(C)C)CC2=O)cc1. The topological polar surface area (TPSA) is 49.4 Å². The maximum atomic E-state index is 12.2. The van der Waals surface area contributed by atoms with Crippen LogP contribution in [0, 0.1) is 5.92 Å². The zero-order valence-electron chi connectivity index (χ0n) is 13.0. The van der Waals surface area contributed by atoms with Crippen molar-refractivity contribution in [2.75, 3.05) is 17.7 Å². The van der Waals surface area contributed by atoms with E-state index in [9.17, 15) is 9.59 Å². The van der Waals surface area contributed by atoms with Crippen LogP contribution in [0.5, 0.6) is 0 Å². The maximum Gasteiger partial charge on any atom is 0.227 e. The molecule has 1 aliphatic heterocycles. The highest BCUT2D eigenvalue weighted by Crippen LogP contribution is 2.27. The first kappa shape index (κ1) is 15.9. The Bertz CT molecular complexity index is 534. The van der Waals surface area contributed by atoms with Crippen molar-refractivity contribution in [2.45, 2.75) is 37.6 Å². The zero-order valence-corrected chi connectivity index (χ0v) is 13.8. The number of thioether (sulfide) groups is 1. The first-order valence-electron chi connectivity index (χ1n) is 7.06. The van der Waals surface area contributed by atoms with Crippen LogP contribution in [0.15, 0.2) is 29.2 Å². The number of rotatable bonds is 3. The highest BCUT2D eigenvalue weighted by Gasteiger charge is 2.36. The normalized spacial score (nSPS) is 19.0. The lowest BCUT2D eigenvalue weighted by Gasteiger charge is -2.23. The Balaban J connectivity index is 2.07. The van der Waals surface area contributed by atoms with Crippen molar-refractivity contribution in [2.24, 2.45) is 5.92 Å². The highest BCUT2D eigenvalue weighted by atomic mass is 32.2. The Morgan fingerprint density at radius 1 is 1.29 bits per heavy atom. The average Bonchev–Trinajstić information content (AvgIpc) is 2.79. The van der Waals surface area contributed by atoms with Crippen molar-refractivity contribution in [1.82, 2.24) is 5.32 Å². The van der Waals surface area contributed by atoms with Crippen LogP contribution in [-0.2, 0) is 9.59 Å². The molecule has 1 atom stereocenters. The predicted octanol–water partition coefficient (Wildman–Crippen LogP) is 2.68. The van der Waals surface area contributed by atoms with Crippen LogP contribution in [0.1, 0.15) is 27.2 Å². The summed E-state index contributed by atoms with van der Waals surface area (Å²) in [6, 6.07) is 7.87. The van der Waals surface area contributed by atoms with E-state index in [1.165, 1.54) is 0 Å². The standard InChI is InChI=1S/C16H22N2O2S/c1-16(2,3)17-15(20)11-9-14(19)18(10-11)12-5-7-13(21-4)8-6-12/h5-8,11H,9-10H2,1-4H3,(H,17,20). The minimum Gasteiger partial charge on any atom is -0.351 e. The zero-order chi connectivity index (χ0) is 15.6. The first-order valence-corrected chi connectivity index (χ1v) is 8.29. The summed E-state index contributed by atoms with van der Waals surface area (Å²) in [7, 11) is 0. The monoisotopic (exact) mass is 306 g/mol. The summed E-state index contributed by atoms with van der Waals surface area (Å²) in [6.45, 7) is 6.29. The molecule has 1 aliphatic rings.